The normalized spacial score (nSPS) is 21.2. The van der Waals surface area contributed by atoms with Crippen molar-refractivity contribution in [3.63, 3.8) is 0 Å². The second-order valence-corrected chi connectivity index (χ2v) is 10.1. The lowest BCUT2D eigenvalue weighted by Gasteiger charge is -2.47. The maximum Gasteiger partial charge on any atom is 0.337 e. The number of nitrogens with one attached hydrogen (secondary N) is 2. The summed E-state index contributed by atoms with van der Waals surface area (Å²) < 4.78 is 11.0. The third-order valence-electron chi connectivity index (χ3n) is 6.64. The summed E-state index contributed by atoms with van der Waals surface area (Å²) in [5.74, 6) is -1.68. The highest BCUT2D eigenvalue weighted by Gasteiger charge is 2.53. The van der Waals surface area contributed by atoms with Gasteiger partial charge in [-0.25, -0.2) is 9.78 Å². The lowest BCUT2D eigenvalue weighted by molar-refractivity contribution is -0.152. The van der Waals surface area contributed by atoms with Crippen LogP contribution in [0.3, 0.4) is 0 Å². The van der Waals surface area contributed by atoms with Crippen LogP contribution in [0.4, 0.5) is 5.13 Å². The minimum absolute atomic E-state index is 0.219. The van der Waals surface area contributed by atoms with Crippen molar-refractivity contribution in [1.82, 2.24) is 10.3 Å². The van der Waals surface area contributed by atoms with Crippen molar-refractivity contribution in [3.8, 4) is 10.4 Å². The number of esters is 2. The number of carbonyl (C=O) groups is 2. The molecule has 3 unspecified atom stereocenters. The second kappa shape index (κ2) is 11.2. The molecule has 0 amide bonds. The van der Waals surface area contributed by atoms with Gasteiger partial charge in [0, 0.05) is 5.70 Å². The van der Waals surface area contributed by atoms with Gasteiger partial charge in [0.15, 0.2) is 5.13 Å². The minimum atomic E-state index is -0.861. The largest absolute Gasteiger partial charge is 0.466 e. The van der Waals surface area contributed by atoms with Crippen LogP contribution in [0.5, 0.6) is 0 Å². The first-order chi connectivity index (χ1) is 17.8. The molecule has 0 aliphatic carbocycles. The molecule has 0 radical (unpaired) electrons. The molecular formula is C29H33N3O4S. The molecule has 7 nitrogen and oxygen atoms in total. The monoisotopic (exact) mass is 519 g/mol. The number of carbonyl (C=O) groups excluding carboxylic acids is 2. The summed E-state index contributed by atoms with van der Waals surface area (Å²) >= 11 is 1.49. The molecule has 1 aliphatic rings. The van der Waals surface area contributed by atoms with Gasteiger partial charge in [-0.15, -0.1) is 0 Å². The smallest absolute Gasteiger partial charge is 0.337 e. The fraction of sp³-hybridized carbons (Fsp3) is 0.345. The number of allylic oxidation sites excluding steroid dienone is 1. The van der Waals surface area contributed by atoms with Crippen molar-refractivity contribution in [3.05, 3.63) is 83.2 Å². The standard InChI is InChI=1S/C29H33N3O4S/c1-6-35-26(33)22-18(3)32-29(5,21-16-12-9-13-17-21)23(27(34)36-7-2)24(22)31-28-30-19(4)25(37-28)20-14-10-8-11-15-20/h8-17,23-24,32H,6-7H2,1-5H3,(H,30,31). The summed E-state index contributed by atoms with van der Waals surface area (Å²) in [7, 11) is 0. The molecule has 194 valence electrons. The van der Waals surface area contributed by atoms with Crippen LogP contribution in [0.15, 0.2) is 71.9 Å². The zero-order valence-corrected chi connectivity index (χ0v) is 22.6. The van der Waals surface area contributed by atoms with E-state index in [0.29, 0.717) is 16.4 Å². The molecule has 8 heteroatoms. The Morgan fingerprint density at radius 2 is 1.62 bits per heavy atom. The van der Waals surface area contributed by atoms with E-state index >= 15 is 0 Å². The first-order valence-electron chi connectivity index (χ1n) is 12.5. The third-order valence-corrected chi connectivity index (χ3v) is 7.78. The predicted molar refractivity (Wildman–Crippen MR) is 146 cm³/mol. The summed E-state index contributed by atoms with van der Waals surface area (Å²) in [6, 6.07) is 19.0. The van der Waals surface area contributed by atoms with E-state index in [2.05, 4.69) is 10.6 Å². The topological polar surface area (TPSA) is 89.5 Å². The van der Waals surface area contributed by atoms with Crippen molar-refractivity contribution in [2.75, 3.05) is 18.5 Å². The maximum absolute atomic E-state index is 13.6. The Kier molecular flexibility index (Phi) is 7.97. The summed E-state index contributed by atoms with van der Waals surface area (Å²) in [6.07, 6.45) is 0. The summed E-state index contributed by atoms with van der Waals surface area (Å²) in [5.41, 5.74) is 2.97. The van der Waals surface area contributed by atoms with Gasteiger partial charge in [0.05, 0.1) is 40.9 Å². The Balaban J connectivity index is 1.85. The molecule has 0 saturated carbocycles. The first kappa shape index (κ1) is 26.4. The molecule has 0 spiro atoms. The summed E-state index contributed by atoms with van der Waals surface area (Å²) in [6.45, 7) is 9.74. The second-order valence-electron chi connectivity index (χ2n) is 9.10. The van der Waals surface area contributed by atoms with Gasteiger partial charge in [-0.2, -0.15) is 0 Å². The summed E-state index contributed by atoms with van der Waals surface area (Å²) in [4.78, 5) is 32.7. The van der Waals surface area contributed by atoms with E-state index in [1.807, 2.05) is 81.4 Å². The van der Waals surface area contributed by atoms with E-state index in [4.69, 9.17) is 14.5 Å². The van der Waals surface area contributed by atoms with Gasteiger partial charge in [-0.05, 0) is 45.7 Å². The fourth-order valence-electron chi connectivity index (χ4n) is 5.00. The van der Waals surface area contributed by atoms with Crippen LogP contribution >= 0.6 is 11.3 Å². The van der Waals surface area contributed by atoms with E-state index in [9.17, 15) is 9.59 Å². The Hall–Kier alpha value is -3.65. The molecule has 4 rings (SSSR count). The van der Waals surface area contributed by atoms with Crippen molar-refractivity contribution in [2.24, 2.45) is 5.92 Å². The van der Waals surface area contributed by atoms with Crippen molar-refractivity contribution in [1.29, 1.82) is 0 Å². The van der Waals surface area contributed by atoms with Crippen LogP contribution in [-0.2, 0) is 24.6 Å². The fourth-order valence-corrected chi connectivity index (χ4v) is 6.01. The number of benzene rings is 2. The van der Waals surface area contributed by atoms with E-state index in [0.717, 1.165) is 21.7 Å². The van der Waals surface area contributed by atoms with Crippen LogP contribution in [0.1, 0.15) is 39.0 Å². The van der Waals surface area contributed by atoms with Crippen LogP contribution in [0.25, 0.3) is 10.4 Å². The number of aryl methyl sites for hydroxylation is 1. The van der Waals surface area contributed by atoms with Gasteiger partial charge in [0.1, 0.15) is 5.92 Å². The molecule has 0 fully saturated rings. The quantitative estimate of drug-likeness (QED) is 0.383. The lowest BCUT2D eigenvalue weighted by atomic mass is 9.70. The maximum atomic E-state index is 13.6. The zero-order valence-electron chi connectivity index (χ0n) is 21.8. The zero-order chi connectivity index (χ0) is 26.6. The highest BCUT2D eigenvalue weighted by molar-refractivity contribution is 7.19. The highest BCUT2D eigenvalue weighted by Crippen LogP contribution is 2.43. The Labute approximate surface area is 221 Å². The van der Waals surface area contributed by atoms with Crippen LogP contribution < -0.4 is 10.6 Å². The van der Waals surface area contributed by atoms with E-state index in [-0.39, 0.29) is 13.2 Å². The van der Waals surface area contributed by atoms with Crippen LogP contribution in [0.2, 0.25) is 0 Å². The number of ether oxygens (including phenoxy) is 2. The number of rotatable bonds is 8. The van der Waals surface area contributed by atoms with Gasteiger partial charge >= 0.3 is 11.9 Å². The molecule has 2 N–H and O–H groups in total. The van der Waals surface area contributed by atoms with Crippen LogP contribution in [-0.4, -0.2) is 36.2 Å². The van der Waals surface area contributed by atoms with Gasteiger partial charge < -0.3 is 20.1 Å². The SMILES string of the molecule is CCOC(=O)C1=C(C)NC(C)(c2ccccc2)C(C(=O)OCC)C1Nc1nc(C)c(-c2ccccc2)s1. The molecule has 3 aromatic rings. The number of aromatic nitrogens is 1. The number of thiazole rings is 1. The molecule has 1 aliphatic heterocycles. The minimum Gasteiger partial charge on any atom is -0.466 e. The van der Waals surface area contributed by atoms with E-state index < -0.39 is 29.4 Å². The molecule has 0 bridgehead atoms. The van der Waals surface area contributed by atoms with Gasteiger partial charge in [-0.3, -0.25) is 4.79 Å². The Morgan fingerprint density at radius 3 is 2.24 bits per heavy atom. The average Bonchev–Trinajstić information content (AvgIpc) is 3.25. The van der Waals surface area contributed by atoms with Gasteiger partial charge in [0.2, 0.25) is 0 Å². The number of hydrogen-bond donors (Lipinski definition) is 2. The Bertz CT molecular complexity index is 1290. The Morgan fingerprint density at radius 1 is 1.00 bits per heavy atom. The van der Waals surface area contributed by atoms with Gasteiger partial charge in [0.25, 0.3) is 0 Å². The molecular weight excluding hydrogens is 486 g/mol. The molecule has 1 aromatic heterocycles. The molecule has 3 atom stereocenters. The van der Waals surface area contributed by atoms with E-state index in [1.54, 1.807) is 13.8 Å². The highest BCUT2D eigenvalue weighted by atomic mass is 32.1. The number of nitrogens with zero attached hydrogens (tertiary/aromatic N) is 1. The average molecular weight is 520 g/mol. The number of anilines is 1. The molecule has 2 aromatic carbocycles. The van der Waals surface area contributed by atoms with Crippen molar-refractivity contribution < 1.29 is 19.1 Å². The predicted octanol–water partition coefficient (Wildman–Crippen LogP) is 5.43. The molecule has 37 heavy (non-hydrogen) atoms. The lowest BCUT2D eigenvalue weighted by Crippen LogP contribution is -2.60. The van der Waals surface area contributed by atoms with Gasteiger partial charge in [-0.1, -0.05) is 72.0 Å². The molecule has 2 heterocycles. The third kappa shape index (κ3) is 5.25. The van der Waals surface area contributed by atoms with Crippen LogP contribution in [0, 0.1) is 12.8 Å². The van der Waals surface area contributed by atoms with Crippen molar-refractivity contribution >= 4 is 28.4 Å². The number of hydrogen-bond acceptors (Lipinski definition) is 8. The van der Waals surface area contributed by atoms with E-state index in [1.165, 1.54) is 11.3 Å². The molecule has 0 saturated heterocycles. The van der Waals surface area contributed by atoms with Crippen molar-refractivity contribution in [2.45, 2.75) is 46.2 Å². The first-order valence-corrected chi connectivity index (χ1v) is 13.3. The summed E-state index contributed by atoms with van der Waals surface area (Å²) in [5, 5.41) is 7.53.